The third-order valence-corrected chi connectivity index (χ3v) is 0. The van der Waals surface area contributed by atoms with E-state index in [1.807, 2.05) is 0 Å². The normalized spacial score (nSPS) is 7.25. The van der Waals surface area contributed by atoms with Crippen LogP contribution in [0, 0.1) is 0 Å². The summed E-state index contributed by atoms with van der Waals surface area (Å²) in [7, 11) is -5.17. The van der Waals surface area contributed by atoms with Crippen molar-refractivity contribution in [2.45, 2.75) is 0 Å². The molecule has 0 aromatic rings. The van der Waals surface area contributed by atoms with E-state index in [0.29, 0.717) is 0 Å². The number of rotatable bonds is 0. The summed E-state index contributed by atoms with van der Waals surface area (Å²) in [5.41, 5.74) is 0. The van der Waals surface area contributed by atoms with Crippen molar-refractivity contribution < 1.29 is 40.1 Å². The van der Waals surface area contributed by atoms with E-state index >= 15 is 0 Å². The van der Waals surface area contributed by atoms with Crippen LogP contribution in [0.25, 0.3) is 0 Å². The second-order valence-corrected chi connectivity index (χ2v) is 1.22. The molecular weight excluding hydrogens is 375 g/mol. The maximum Gasteiger partial charge on any atom is 2.00 e. The van der Waals surface area contributed by atoms with Crippen molar-refractivity contribution >= 4 is 37.7 Å². The Labute approximate surface area is 77.4 Å². The maximum absolute atomic E-state index is 8.52. The topological polar surface area (TPSA) is 112 Å². The molecule has 0 unspecified atom stereocenters. The van der Waals surface area contributed by atoms with Crippen molar-refractivity contribution in [1.29, 1.82) is 0 Å². The van der Waals surface area contributed by atoms with Crippen LogP contribution in [0.4, 0.5) is 0 Å². The smallest absolute Gasteiger partial charge is 0.759 e. The van der Waals surface area contributed by atoms with Crippen LogP contribution in [0.3, 0.4) is 0 Å². The van der Waals surface area contributed by atoms with Crippen molar-refractivity contribution in [1.82, 2.24) is 0 Å². The monoisotopic (exact) mass is 378 g/mol. The minimum Gasteiger partial charge on any atom is -0.759 e. The molecule has 0 aromatic carbocycles. The molecule has 0 spiro atoms. The molecule has 50 valence electrons. The quantitative estimate of drug-likeness (QED) is 0.263. The van der Waals surface area contributed by atoms with Gasteiger partial charge in [0.05, 0.1) is 0 Å². The second-order valence-electron chi connectivity index (χ2n) is 0.408. The maximum atomic E-state index is 8.52. The third-order valence-electron chi connectivity index (χ3n) is 0. The molecular formula is H2FeO5PbS. The van der Waals surface area contributed by atoms with Gasteiger partial charge in [-0.25, -0.2) is 0 Å². The minimum atomic E-state index is -5.17. The Bertz CT molecular complexity index is 95.6. The van der Waals surface area contributed by atoms with Gasteiger partial charge >= 0.3 is 27.3 Å². The van der Waals surface area contributed by atoms with E-state index in [0.717, 1.165) is 0 Å². The predicted molar refractivity (Wildman–Crippen MR) is 19.8 cm³/mol. The summed E-state index contributed by atoms with van der Waals surface area (Å²) in [5.74, 6) is 0. The molecule has 8 heteroatoms. The number of hydrogen-bond acceptors (Lipinski definition) is 4. The fourth-order valence-electron chi connectivity index (χ4n) is 0. The predicted octanol–water partition coefficient (Wildman–Crippen LogP) is -2.55. The Morgan fingerprint density at radius 3 is 1.12 bits per heavy atom. The SMILES string of the molecule is O.O=S(=O)([O-])[O-].[Fe].[Pb+2]. The third kappa shape index (κ3) is 177. The Kier molecular flexibility index (Phi) is 23.6. The Morgan fingerprint density at radius 2 is 1.12 bits per heavy atom. The first-order valence-electron chi connectivity index (χ1n) is 0.667. The summed E-state index contributed by atoms with van der Waals surface area (Å²) in [4.78, 5) is 0. The van der Waals surface area contributed by atoms with Gasteiger partial charge in [0.1, 0.15) is 0 Å². The first-order valence-corrected chi connectivity index (χ1v) is 2.00. The summed E-state index contributed by atoms with van der Waals surface area (Å²) in [6.07, 6.45) is 0. The molecule has 5 nitrogen and oxygen atoms in total. The molecule has 0 aliphatic carbocycles. The van der Waals surface area contributed by atoms with Crippen molar-refractivity contribution in [3.63, 3.8) is 0 Å². The van der Waals surface area contributed by atoms with Crippen LogP contribution in [0.5, 0.6) is 0 Å². The van der Waals surface area contributed by atoms with Gasteiger partial charge in [0.2, 0.25) is 0 Å². The van der Waals surface area contributed by atoms with Crippen LogP contribution < -0.4 is 0 Å². The zero-order valence-electron chi connectivity index (χ0n) is 3.39. The van der Waals surface area contributed by atoms with Gasteiger partial charge in [-0.15, -0.1) is 0 Å². The van der Waals surface area contributed by atoms with Crippen molar-refractivity contribution in [3.8, 4) is 0 Å². The summed E-state index contributed by atoms with van der Waals surface area (Å²) in [6, 6.07) is 0. The van der Waals surface area contributed by atoms with Crippen LogP contribution in [0.2, 0.25) is 0 Å². The molecule has 0 fully saturated rings. The summed E-state index contributed by atoms with van der Waals surface area (Å²) >= 11 is 0. The van der Waals surface area contributed by atoms with Crippen molar-refractivity contribution in [2.24, 2.45) is 0 Å². The number of hydrogen-bond donors (Lipinski definition) is 0. The fraction of sp³-hybridized carbons (Fsp3) is 0. The zero-order valence-corrected chi connectivity index (χ0v) is 9.20. The van der Waals surface area contributed by atoms with Gasteiger partial charge < -0.3 is 14.6 Å². The largest absolute Gasteiger partial charge is 2.00 e. The summed E-state index contributed by atoms with van der Waals surface area (Å²) < 4.78 is 34.1. The summed E-state index contributed by atoms with van der Waals surface area (Å²) in [5, 5.41) is 0. The molecule has 0 heterocycles. The van der Waals surface area contributed by atoms with Gasteiger partial charge in [0.25, 0.3) is 0 Å². The average molecular weight is 377 g/mol. The van der Waals surface area contributed by atoms with Crippen LogP contribution in [-0.2, 0) is 27.5 Å². The first kappa shape index (κ1) is 22.8. The Hall–Kier alpha value is 1.27. The average Bonchev–Trinajstić information content (AvgIpc) is 0.722. The first-order chi connectivity index (χ1) is 2.00. The molecule has 0 aliphatic heterocycles. The molecule has 8 heavy (non-hydrogen) atoms. The van der Waals surface area contributed by atoms with Crippen LogP contribution in [0.15, 0.2) is 0 Å². The standard InChI is InChI=1S/Fe.H2O4S.H2O.Pb/c;1-5(2,3)4;;/h;(H2,1,2,3,4);1H2;/q;;;+2/p-2. The molecule has 0 aliphatic rings. The Balaban J connectivity index is -0.0000000267. The van der Waals surface area contributed by atoms with E-state index < -0.39 is 10.4 Å². The van der Waals surface area contributed by atoms with Gasteiger partial charge in [-0.3, -0.25) is 8.42 Å². The van der Waals surface area contributed by atoms with E-state index in [-0.39, 0.29) is 49.8 Å². The molecule has 0 saturated carbocycles. The molecule has 0 bridgehead atoms. The van der Waals surface area contributed by atoms with Crippen molar-refractivity contribution in [2.75, 3.05) is 0 Å². The van der Waals surface area contributed by atoms with Crippen LogP contribution >= 0.6 is 0 Å². The molecule has 2 radical (unpaired) electrons. The fourth-order valence-corrected chi connectivity index (χ4v) is 0. The zero-order chi connectivity index (χ0) is 4.50. The minimum absolute atomic E-state index is 0. The van der Waals surface area contributed by atoms with Crippen LogP contribution in [-0.4, -0.2) is 50.3 Å². The van der Waals surface area contributed by atoms with E-state index in [1.165, 1.54) is 0 Å². The molecule has 0 saturated heterocycles. The molecule has 0 rings (SSSR count). The summed E-state index contributed by atoms with van der Waals surface area (Å²) in [6.45, 7) is 0. The Morgan fingerprint density at radius 1 is 1.12 bits per heavy atom. The second kappa shape index (κ2) is 8.27. The van der Waals surface area contributed by atoms with Gasteiger partial charge in [0, 0.05) is 27.5 Å². The van der Waals surface area contributed by atoms with E-state index in [4.69, 9.17) is 17.5 Å². The van der Waals surface area contributed by atoms with Gasteiger partial charge in [-0.2, -0.15) is 0 Å². The van der Waals surface area contributed by atoms with Gasteiger partial charge in [-0.05, 0) is 0 Å². The molecule has 2 N–H and O–H groups in total. The van der Waals surface area contributed by atoms with E-state index in [1.54, 1.807) is 0 Å². The van der Waals surface area contributed by atoms with E-state index in [2.05, 4.69) is 0 Å². The van der Waals surface area contributed by atoms with Crippen molar-refractivity contribution in [3.05, 3.63) is 0 Å². The molecule has 0 amide bonds. The molecule has 0 atom stereocenters. The van der Waals surface area contributed by atoms with E-state index in [9.17, 15) is 0 Å². The van der Waals surface area contributed by atoms with Gasteiger partial charge in [0.15, 0.2) is 0 Å². The van der Waals surface area contributed by atoms with Gasteiger partial charge in [-0.1, -0.05) is 0 Å². The molecule has 0 aromatic heterocycles. The van der Waals surface area contributed by atoms with Crippen LogP contribution in [0.1, 0.15) is 0 Å².